The van der Waals surface area contributed by atoms with E-state index in [1.54, 1.807) is 6.33 Å². The number of aromatic nitrogens is 3. The standard InChI is InChI=1S/C7H12N4/c1-11-5-9-10-7(11)6-3-2-4-8-6/h5-6,8H,2-4H2,1H3/t6-/m1/s1. The maximum Gasteiger partial charge on any atom is 0.149 e. The van der Waals surface area contributed by atoms with Crippen molar-refractivity contribution in [2.24, 2.45) is 7.05 Å². The van der Waals surface area contributed by atoms with Crippen LogP contribution in [-0.2, 0) is 7.05 Å². The van der Waals surface area contributed by atoms with Crippen molar-refractivity contribution in [3.8, 4) is 0 Å². The molecule has 1 N–H and O–H groups in total. The number of rotatable bonds is 1. The summed E-state index contributed by atoms with van der Waals surface area (Å²) >= 11 is 0. The van der Waals surface area contributed by atoms with Crippen molar-refractivity contribution >= 4 is 0 Å². The van der Waals surface area contributed by atoms with Gasteiger partial charge < -0.3 is 9.88 Å². The van der Waals surface area contributed by atoms with Gasteiger partial charge in [0.1, 0.15) is 12.2 Å². The van der Waals surface area contributed by atoms with E-state index in [9.17, 15) is 0 Å². The third kappa shape index (κ3) is 1.14. The Morgan fingerprint density at radius 3 is 3.18 bits per heavy atom. The average molecular weight is 152 g/mol. The fourth-order valence-electron chi connectivity index (χ4n) is 1.51. The summed E-state index contributed by atoms with van der Waals surface area (Å²) in [5.74, 6) is 1.06. The van der Waals surface area contributed by atoms with Crippen LogP contribution in [0, 0.1) is 0 Å². The highest BCUT2D eigenvalue weighted by atomic mass is 15.3. The first kappa shape index (κ1) is 6.79. The molecule has 0 bridgehead atoms. The molecule has 1 aromatic heterocycles. The highest BCUT2D eigenvalue weighted by Gasteiger charge is 2.19. The Labute approximate surface area is 65.6 Å². The van der Waals surface area contributed by atoms with Crippen molar-refractivity contribution in [2.45, 2.75) is 18.9 Å². The Balaban J connectivity index is 2.21. The summed E-state index contributed by atoms with van der Waals surface area (Å²) in [7, 11) is 1.98. The summed E-state index contributed by atoms with van der Waals surface area (Å²) in [6, 6.07) is 0.433. The highest BCUT2D eigenvalue weighted by Crippen LogP contribution is 2.19. The molecule has 0 radical (unpaired) electrons. The van der Waals surface area contributed by atoms with Gasteiger partial charge in [-0.3, -0.25) is 0 Å². The van der Waals surface area contributed by atoms with E-state index < -0.39 is 0 Å². The van der Waals surface area contributed by atoms with E-state index in [0.717, 1.165) is 12.4 Å². The van der Waals surface area contributed by atoms with Gasteiger partial charge in [0, 0.05) is 7.05 Å². The van der Waals surface area contributed by atoms with Crippen LogP contribution in [0.15, 0.2) is 6.33 Å². The van der Waals surface area contributed by atoms with Crippen LogP contribution in [0.2, 0.25) is 0 Å². The van der Waals surface area contributed by atoms with E-state index in [1.165, 1.54) is 12.8 Å². The molecule has 0 aliphatic carbocycles. The zero-order valence-corrected chi connectivity index (χ0v) is 6.62. The number of hydrogen-bond acceptors (Lipinski definition) is 3. The van der Waals surface area contributed by atoms with Gasteiger partial charge in [-0.05, 0) is 19.4 Å². The molecule has 2 rings (SSSR count). The molecule has 4 nitrogen and oxygen atoms in total. The Bertz CT molecular complexity index is 236. The topological polar surface area (TPSA) is 42.7 Å². The Kier molecular flexibility index (Phi) is 1.62. The predicted molar refractivity (Wildman–Crippen MR) is 41.0 cm³/mol. The van der Waals surface area contributed by atoms with Crippen LogP contribution in [-0.4, -0.2) is 21.3 Å². The fourth-order valence-corrected chi connectivity index (χ4v) is 1.51. The van der Waals surface area contributed by atoms with Gasteiger partial charge in [0.05, 0.1) is 6.04 Å². The summed E-state index contributed by atoms with van der Waals surface area (Å²) in [6.07, 6.45) is 4.18. The molecule has 1 fully saturated rings. The van der Waals surface area contributed by atoms with Gasteiger partial charge in [-0.15, -0.1) is 10.2 Å². The van der Waals surface area contributed by atoms with Crippen molar-refractivity contribution in [1.82, 2.24) is 20.1 Å². The second-order valence-corrected chi connectivity index (χ2v) is 2.95. The third-order valence-electron chi connectivity index (χ3n) is 2.12. The van der Waals surface area contributed by atoms with Crippen molar-refractivity contribution in [3.63, 3.8) is 0 Å². The SMILES string of the molecule is Cn1cnnc1[C@H]1CCCN1. The summed E-state index contributed by atoms with van der Waals surface area (Å²) in [5, 5.41) is 11.3. The minimum absolute atomic E-state index is 0.433. The van der Waals surface area contributed by atoms with Crippen LogP contribution in [0.3, 0.4) is 0 Å². The molecule has 1 saturated heterocycles. The lowest BCUT2D eigenvalue weighted by molar-refractivity contribution is 0.577. The molecule has 1 aromatic rings. The predicted octanol–water partition coefficient (Wildman–Crippen LogP) is 0.240. The third-order valence-corrected chi connectivity index (χ3v) is 2.12. The van der Waals surface area contributed by atoms with Crippen molar-refractivity contribution in [1.29, 1.82) is 0 Å². The van der Waals surface area contributed by atoms with E-state index in [-0.39, 0.29) is 0 Å². The number of nitrogens with one attached hydrogen (secondary N) is 1. The number of nitrogens with zero attached hydrogens (tertiary/aromatic N) is 3. The normalized spacial score (nSPS) is 24.3. The van der Waals surface area contributed by atoms with Gasteiger partial charge in [-0.25, -0.2) is 0 Å². The molecule has 4 heteroatoms. The van der Waals surface area contributed by atoms with Crippen LogP contribution in [0.4, 0.5) is 0 Å². The van der Waals surface area contributed by atoms with Gasteiger partial charge >= 0.3 is 0 Å². The van der Waals surface area contributed by atoms with E-state index in [4.69, 9.17) is 0 Å². The minimum Gasteiger partial charge on any atom is -0.319 e. The molecule has 0 spiro atoms. The van der Waals surface area contributed by atoms with Crippen LogP contribution in [0.25, 0.3) is 0 Å². The van der Waals surface area contributed by atoms with E-state index >= 15 is 0 Å². The van der Waals surface area contributed by atoms with E-state index in [2.05, 4.69) is 15.5 Å². The van der Waals surface area contributed by atoms with Crippen LogP contribution in [0.1, 0.15) is 24.7 Å². The zero-order chi connectivity index (χ0) is 7.68. The van der Waals surface area contributed by atoms with Crippen molar-refractivity contribution < 1.29 is 0 Å². The first-order valence-electron chi connectivity index (χ1n) is 3.95. The fraction of sp³-hybridized carbons (Fsp3) is 0.714. The lowest BCUT2D eigenvalue weighted by Crippen LogP contribution is -2.16. The maximum atomic E-state index is 4.05. The lowest BCUT2D eigenvalue weighted by atomic mass is 10.2. The molecule has 60 valence electrons. The first-order valence-corrected chi connectivity index (χ1v) is 3.95. The highest BCUT2D eigenvalue weighted by molar-refractivity contribution is 4.96. The summed E-state index contributed by atoms with van der Waals surface area (Å²) in [6.45, 7) is 1.11. The van der Waals surface area contributed by atoms with Gasteiger partial charge in [0.2, 0.25) is 0 Å². The molecule has 11 heavy (non-hydrogen) atoms. The molecule has 0 aromatic carbocycles. The smallest absolute Gasteiger partial charge is 0.149 e. The molecule has 0 amide bonds. The first-order chi connectivity index (χ1) is 5.38. The molecule has 2 heterocycles. The summed E-state index contributed by atoms with van der Waals surface area (Å²) in [4.78, 5) is 0. The average Bonchev–Trinajstić information content (AvgIpc) is 2.55. The van der Waals surface area contributed by atoms with Crippen LogP contribution >= 0.6 is 0 Å². The second-order valence-electron chi connectivity index (χ2n) is 2.95. The largest absolute Gasteiger partial charge is 0.319 e. The molecular weight excluding hydrogens is 140 g/mol. The monoisotopic (exact) mass is 152 g/mol. The molecule has 1 atom stereocenters. The van der Waals surface area contributed by atoms with Crippen LogP contribution in [0.5, 0.6) is 0 Å². The van der Waals surface area contributed by atoms with Crippen LogP contribution < -0.4 is 5.32 Å². The molecule has 0 unspecified atom stereocenters. The van der Waals surface area contributed by atoms with Gasteiger partial charge in [0.15, 0.2) is 0 Å². The van der Waals surface area contributed by atoms with Crippen molar-refractivity contribution in [3.05, 3.63) is 12.2 Å². The van der Waals surface area contributed by atoms with E-state index in [1.807, 2.05) is 11.6 Å². The summed E-state index contributed by atoms with van der Waals surface area (Å²) in [5.41, 5.74) is 0. The number of hydrogen-bond donors (Lipinski definition) is 1. The van der Waals surface area contributed by atoms with E-state index in [0.29, 0.717) is 6.04 Å². The van der Waals surface area contributed by atoms with Crippen molar-refractivity contribution in [2.75, 3.05) is 6.54 Å². The van der Waals surface area contributed by atoms with Gasteiger partial charge in [0.25, 0.3) is 0 Å². The van der Waals surface area contributed by atoms with Gasteiger partial charge in [-0.1, -0.05) is 0 Å². The molecule has 1 aliphatic rings. The number of aryl methyl sites for hydroxylation is 1. The maximum absolute atomic E-state index is 4.05. The molecule has 1 aliphatic heterocycles. The Morgan fingerprint density at radius 1 is 1.73 bits per heavy atom. The van der Waals surface area contributed by atoms with Gasteiger partial charge in [-0.2, -0.15) is 0 Å². The lowest BCUT2D eigenvalue weighted by Gasteiger charge is -2.07. The Hall–Kier alpha value is -0.900. The second kappa shape index (κ2) is 2.62. The quantitative estimate of drug-likeness (QED) is 0.626. The zero-order valence-electron chi connectivity index (χ0n) is 6.62. The molecule has 0 saturated carbocycles. The Morgan fingerprint density at radius 2 is 2.64 bits per heavy atom. The minimum atomic E-state index is 0.433. The summed E-state index contributed by atoms with van der Waals surface area (Å²) < 4.78 is 1.98. The molecular formula is C7H12N4.